The number of rotatable bonds is 4. The van der Waals surface area contributed by atoms with Gasteiger partial charge in [-0.2, -0.15) is 11.8 Å². The molecule has 4 heteroatoms. The van der Waals surface area contributed by atoms with Crippen molar-refractivity contribution >= 4 is 17.7 Å². The van der Waals surface area contributed by atoms with Crippen molar-refractivity contribution in [2.75, 3.05) is 19.3 Å². The van der Waals surface area contributed by atoms with Gasteiger partial charge >= 0.3 is 0 Å². The average molecular weight is 270 g/mol. The fraction of sp³-hybridized carbons (Fsp3) is 0.929. The third-order valence-electron chi connectivity index (χ3n) is 4.64. The highest BCUT2D eigenvalue weighted by Gasteiger charge is 2.37. The van der Waals surface area contributed by atoms with E-state index in [0.717, 1.165) is 25.9 Å². The molecule has 1 aliphatic heterocycles. The van der Waals surface area contributed by atoms with Gasteiger partial charge in [-0.1, -0.05) is 12.8 Å². The summed E-state index contributed by atoms with van der Waals surface area (Å²) >= 11 is 1.93. The molecule has 1 saturated carbocycles. The lowest BCUT2D eigenvalue weighted by atomic mass is 9.90. The minimum absolute atomic E-state index is 0.197. The monoisotopic (exact) mass is 270 g/mol. The first-order chi connectivity index (χ1) is 8.60. The summed E-state index contributed by atoms with van der Waals surface area (Å²) in [4.78, 5) is 12.4. The van der Waals surface area contributed by atoms with Gasteiger partial charge in [0.05, 0.1) is 5.54 Å². The number of piperidine rings is 1. The number of hydrogen-bond donors (Lipinski definition) is 2. The molecule has 1 saturated heterocycles. The summed E-state index contributed by atoms with van der Waals surface area (Å²) in [7, 11) is 0. The Morgan fingerprint density at radius 1 is 1.22 bits per heavy atom. The van der Waals surface area contributed by atoms with Crippen molar-refractivity contribution < 1.29 is 4.79 Å². The Morgan fingerprint density at radius 2 is 1.89 bits per heavy atom. The average Bonchev–Trinajstić information content (AvgIpc) is 2.86. The minimum Gasteiger partial charge on any atom is -0.353 e. The standard InChI is InChI=1S/C14H26N2OS/c1-13(7-5-6-10-16-13)12(17)15-11-14(18-2)8-3-4-9-14/h16H,3-11H2,1-2H3,(H,15,17). The van der Waals surface area contributed by atoms with E-state index in [9.17, 15) is 4.79 Å². The maximum Gasteiger partial charge on any atom is 0.240 e. The number of carbonyl (C=O) groups excluding carboxylic acids is 1. The van der Waals surface area contributed by atoms with Gasteiger partial charge in [-0.3, -0.25) is 4.79 Å². The van der Waals surface area contributed by atoms with Gasteiger partial charge < -0.3 is 10.6 Å². The topological polar surface area (TPSA) is 41.1 Å². The third-order valence-corrected chi connectivity index (χ3v) is 6.06. The maximum atomic E-state index is 12.4. The van der Waals surface area contributed by atoms with Crippen molar-refractivity contribution in [3.63, 3.8) is 0 Å². The Hall–Kier alpha value is -0.220. The van der Waals surface area contributed by atoms with E-state index in [0.29, 0.717) is 4.75 Å². The largest absolute Gasteiger partial charge is 0.353 e. The van der Waals surface area contributed by atoms with Crippen molar-refractivity contribution in [3.05, 3.63) is 0 Å². The first kappa shape index (κ1) is 14.2. The summed E-state index contributed by atoms with van der Waals surface area (Å²) in [5.41, 5.74) is -0.337. The molecule has 1 amide bonds. The molecule has 0 bridgehead atoms. The fourth-order valence-corrected chi connectivity index (χ4v) is 4.07. The van der Waals surface area contributed by atoms with Crippen LogP contribution in [0.1, 0.15) is 51.9 Å². The van der Waals surface area contributed by atoms with Gasteiger partial charge in [-0.25, -0.2) is 0 Å². The quantitative estimate of drug-likeness (QED) is 0.823. The summed E-state index contributed by atoms with van der Waals surface area (Å²) in [5.74, 6) is 0.197. The van der Waals surface area contributed by atoms with Crippen LogP contribution < -0.4 is 10.6 Å². The summed E-state index contributed by atoms with van der Waals surface area (Å²) < 4.78 is 0.306. The summed E-state index contributed by atoms with van der Waals surface area (Å²) in [5, 5.41) is 6.59. The van der Waals surface area contributed by atoms with E-state index in [1.54, 1.807) is 0 Å². The van der Waals surface area contributed by atoms with Gasteiger partial charge in [-0.05, 0) is 51.8 Å². The fourth-order valence-electron chi connectivity index (χ4n) is 3.16. The molecule has 2 N–H and O–H groups in total. The zero-order valence-corrected chi connectivity index (χ0v) is 12.5. The summed E-state index contributed by atoms with van der Waals surface area (Å²) in [6, 6.07) is 0. The number of hydrogen-bond acceptors (Lipinski definition) is 3. The van der Waals surface area contributed by atoms with E-state index in [4.69, 9.17) is 0 Å². The van der Waals surface area contributed by atoms with Crippen LogP contribution in [0.4, 0.5) is 0 Å². The molecular weight excluding hydrogens is 244 g/mol. The van der Waals surface area contributed by atoms with Crippen LogP contribution in [0.2, 0.25) is 0 Å². The van der Waals surface area contributed by atoms with Crippen molar-refractivity contribution in [2.24, 2.45) is 0 Å². The highest BCUT2D eigenvalue weighted by atomic mass is 32.2. The predicted octanol–water partition coefficient (Wildman–Crippen LogP) is 2.31. The van der Waals surface area contributed by atoms with Gasteiger partial charge in [0.2, 0.25) is 5.91 Å². The zero-order chi connectivity index (χ0) is 13.1. The first-order valence-corrected chi connectivity index (χ1v) is 8.41. The maximum absolute atomic E-state index is 12.4. The molecule has 3 nitrogen and oxygen atoms in total. The lowest BCUT2D eigenvalue weighted by molar-refractivity contribution is -0.128. The van der Waals surface area contributed by atoms with E-state index in [1.165, 1.54) is 32.1 Å². The second-order valence-electron chi connectivity index (χ2n) is 5.99. The molecule has 1 heterocycles. The van der Waals surface area contributed by atoms with Gasteiger partial charge in [0.25, 0.3) is 0 Å². The first-order valence-electron chi connectivity index (χ1n) is 7.19. The number of thioether (sulfide) groups is 1. The number of nitrogens with one attached hydrogen (secondary N) is 2. The van der Waals surface area contributed by atoms with Gasteiger partial charge in [0.15, 0.2) is 0 Å². The molecule has 0 radical (unpaired) electrons. The normalized spacial score (nSPS) is 31.2. The molecule has 2 rings (SSSR count). The molecule has 0 spiro atoms. The molecule has 2 fully saturated rings. The predicted molar refractivity (Wildman–Crippen MR) is 78.0 cm³/mol. The molecule has 0 aromatic carbocycles. The second kappa shape index (κ2) is 5.83. The number of amides is 1. The molecule has 0 aromatic heterocycles. The van der Waals surface area contributed by atoms with Crippen LogP contribution in [0.3, 0.4) is 0 Å². The van der Waals surface area contributed by atoms with Crippen LogP contribution in [0.15, 0.2) is 0 Å². The minimum atomic E-state index is -0.337. The Morgan fingerprint density at radius 3 is 2.44 bits per heavy atom. The van der Waals surface area contributed by atoms with Gasteiger partial charge in [0, 0.05) is 11.3 Å². The van der Waals surface area contributed by atoms with Crippen LogP contribution in [0.5, 0.6) is 0 Å². The molecule has 1 unspecified atom stereocenters. The SMILES string of the molecule is CSC1(CNC(=O)C2(C)CCCCN2)CCCC1. The smallest absolute Gasteiger partial charge is 0.240 e. The van der Waals surface area contributed by atoms with E-state index < -0.39 is 0 Å². The van der Waals surface area contributed by atoms with E-state index >= 15 is 0 Å². The van der Waals surface area contributed by atoms with Gasteiger partial charge in [-0.15, -0.1) is 0 Å². The molecule has 104 valence electrons. The van der Waals surface area contributed by atoms with Crippen molar-refractivity contribution in [3.8, 4) is 0 Å². The second-order valence-corrected chi connectivity index (χ2v) is 7.27. The lowest BCUT2D eigenvalue weighted by Gasteiger charge is -2.35. The Balaban J connectivity index is 1.87. The lowest BCUT2D eigenvalue weighted by Crippen LogP contribution is -2.58. The summed E-state index contributed by atoms with van der Waals surface area (Å²) in [6.07, 6.45) is 10.6. The van der Waals surface area contributed by atoms with E-state index in [-0.39, 0.29) is 11.4 Å². The van der Waals surface area contributed by atoms with Crippen LogP contribution in [0.25, 0.3) is 0 Å². The Labute approximate surface area is 115 Å². The van der Waals surface area contributed by atoms with Crippen molar-refractivity contribution in [2.45, 2.75) is 62.2 Å². The third kappa shape index (κ3) is 3.02. The van der Waals surface area contributed by atoms with Crippen LogP contribution in [0, 0.1) is 0 Å². The zero-order valence-electron chi connectivity index (χ0n) is 11.7. The number of carbonyl (C=O) groups is 1. The highest BCUT2D eigenvalue weighted by Crippen LogP contribution is 2.39. The Bertz CT molecular complexity index is 294. The van der Waals surface area contributed by atoms with Crippen LogP contribution in [-0.2, 0) is 4.79 Å². The van der Waals surface area contributed by atoms with Gasteiger partial charge in [0.1, 0.15) is 0 Å². The molecule has 1 aliphatic carbocycles. The summed E-state index contributed by atoms with van der Waals surface area (Å²) in [6.45, 7) is 3.85. The van der Waals surface area contributed by atoms with Crippen LogP contribution >= 0.6 is 11.8 Å². The van der Waals surface area contributed by atoms with E-state index in [1.807, 2.05) is 18.7 Å². The molecule has 1 atom stereocenters. The Kier molecular flexibility index (Phi) is 4.59. The highest BCUT2D eigenvalue weighted by molar-refractivity contribution is 8.00. The van der Waals surface area contributed by atoms with Crippen molar-refractivity contribution in [1.29, 1.82) is 0 Å². The molecule has 2 aliphatic rings. The molecule has 0 aromatic rings. The van der Waals surface area contributed by atoms with Crippen molar-refractivity contribution in [1.82, 2.24) is 10.6 Å². The van der Waals surface area contributed by atoms with E-state index in [2.05, 4.69) is 16.9 Å². The molecule has 18 heavy (non-hydrogen) atoms. The molecular formula is C14H26N2OS. The van der Waals surface area contributed by atoms with Crippen LogP contribution in [-0.4, -0.2) is 35.5 Å².